The van der Waals surface area contributed by atoms with Crippen LogP contribution in [0.1, 0.15) is 5.56 Å². The third-order valence-electron chi connectivity index (χ3n) is 2.49. The molecular weight excluding hydrogens is 256 g/mol. The second kappa shape index (κ2) is 5.14. The fourth-order valence-electron chi connectivity index (χ4n) is 1.60. The zero-order valence-electron chi connectivity index (χ0n) is 9.26. The number of cyclic esters (lactones) is 1. The third kappa shape index (κ3) is 2.65. The van der Waals surface area contributed by atoms with Gasteiger partial charge in [-0.15, -0.1) is 0 Å². The van der Waals surface area contributed by atoms with Crippen molar-refractivity contribution in [3.8, 4) is 0 Å². The lowest BCUT2D eigenvalue weighted by atomic mass is 10.0. The van der Waals surface area contributed by atoms with E-state index in [4.69, 9.17) is 11.6 Å². The van der Waals surface area contributed by atoms with Gasteiger partial charge in [-0.1, -0.05) is 29.8 Å². The predicted molar refractivity (Wildman–Crippen MR) is 64.9 cm³/mol. The second-order valence-corrected chi connectivity index (χ2v) is 4.23. The Morgan fingerprint density at radius 1 is 1.39 bits per heavy atom. The average molecular weight is 265 g/mol. The van der Waals surface area contributed by atoms with Crippen LogP contribution in [0.3, 0.4) is 0 Å². The van der Waals surface area contributed by atoms with Gasteiger partial charge in [-0.2, -0.15) is 0 Å². The molecular formula is C13H9ClO4. The molecule has 4 nitrogen and oxygen atoms in total. The highest BCUT2D eigenvalue weighted by molar-refractivity contribution is 6.30. The number of allylic oxidation sites excluding steroid dienone is 1. The number of rotatable bonds is 3. The fraction of sp³-hybridized carbons (Fsp3) is 0.154. The van der Waals surface area contributed by atoms with Gasteiger partial charge in [-0.05, 0) is 23.8 Å². The molecule has 1 aromatic carbocycles. The minimum atomic E-state index is -1.31. The summed E-state index contributed by atoms with van der Waals surface area (Å²) in [6, 6.07) is 6.87. The maximum atomic E-state index is 11.7. The van der Waals surface area contributed by atoms with Gasteiger partial charge in [0.1, 0.15) is 0 Å². The highest BCUT2D eigenvalue weighted by Gasteiger charge is 2.39. The van der Waals surface area contributed by atoms with Crippen LogP contribution in [0.25, 0.3) is 6.08 Å². The van der Waals surface area contributed by atoms with Crippen LogP contribution in [0.5, 0.6) is 0 Å². The normalized spacial score (nSPS) is 19.3. The number of halogens is 1. The summed E-state index contributed by atoms with van der Waals surface area (Å²) in [5.74, 6) is -3.15. The largest absolute Gasteiger partial charge is 0.457 e. The first-order valence-electron chi connectivity index (χ1n) is 5.25. The molecule has 0 saturated carbocycles. The zero-order valence-corrected chi connectivity index (χ0v) is 10.0. The van der Waals surface area contributed by atoms with Crippen molar-refractivity contribution in [2.24, 2.45) is 5.92 Å². The lowest BCUT2D eigenvalue weighted by Crippen LogP contribution is -2.23. The van der Waals surface area contributed by atoms with Gasteiger partial charge in [0.15, 0.2) is 24.1 Å². The smallest absolute Gasteiger partial charge is 0.325 e. The van der Waals surface area contributed by atoms with Gasteiger partial charge in [0.2, 0.25) is 0 Å². The standard InChI is InChI=1S/C13H9ClO4/c14-9-3-1-2-8(6-9)4-5-10(15)12-11(16)7-18-13(12)17/h1-6,12H,7H2/b5-4+. The minimum Gasteiger partial charge on any atom is -0.457 e. The van der Waals surface area contributed by atoms with Gasteiger partial charge in [-0.3, -0.25) is 14.4 Å². The molecule has 0 aromatic heterocycles. The summed E-state index contributed by atoms with van der Waals surface area (Å²) < 4.78 is 4.51. The van der Waals surface area contributed by atoms with E-state index in [9.17, 15) is 14.4 Å². The molecule has 1 fully saturated rings. The predicted octanol–water partition coefficient (Wildman–Crippen LogP) is 1.66. The Labute approximate surface area is 108 Å². The molecule has 92 valence electrons. The molecule has 5 heteroatoms. The van der Waals surface area contributed by atoms with Gasteiger partial charge < -0.3 is 4.74 Å². The van der Waals surface area contributed by atoms with Crippen molar-refractivity contribution in [3.05, 3.63) is 40.9 Å². The van der Waals surface area contributed by atoms with E-state index in [1.54, 1.807) is 24.3 Å². The first-order chi connectivity index (χ1) is 8.58. The highest BCUT2D eigenvalue weighted by Crippen LogP contribution is 2.15. The third-order valence-corrected chi connectivity index (χ3v) is 2.72. The molecule has 18 heavy (non-hydrogen) atoms. The van der Waals surface area contributed by atoms with Crippen LogP contribution < -0.4 is 0 Å². The van der Waals surface area contributed by atoms with Crippen LogP contribution >= 0.6 is 11.6 Å². The number of Topliss-reactive ketones (excluding diaryl/α,β-unsaturated/α-hetero) is 1. The maximum absolute atomic E-state index is 11.7. The van der Waals surface area contributed by atoms with Crippen molar-refractivity contribution in [2.75, 3.05) is 6.61 Å². The molecule has 1 atom stereocenters. The molecule has 0 spiro atoms. The summed E-state index contributed by atoms with van der Waals surface area (Å²) in [6.07, 6.45) is 2.70. The first-order valence-corrected chi connectivity index (χ1v) is 5.62. The quantitative estimate of drug-likeness (QED) is 0.473. The average Bonchev–Trinajstić information content (AvgIpc) is 2.66. The molecule has 1 aliphatic heterocycles. The van der Waals surface area contributed by atoms with E-state index in [0.717, 1.165) is 5.56 Å². The lowest BCUT2D eigenvalue weighted by molar-refractivity contribution is -0.143. The Morgan fingerprint density at radius 2 is 2.17 bits per heavy atom. The summed E-state index contributed by atoms with van der Waals surface area (Å²) >= 11 is 5.79. The highest BCUT2D eigenvalue weighted by atomic mass is 35.5. The van der Waals surface area contributed by atoms with Crippen molar-refractivity contribution < 1.29 is 19.1 Å². The van der Waals surface area contributed by atoms with E-state index >= 15 is 0 Å². The minimum absolute atomic E-state index is 0.319. The molecule has 1 heterocycles. The number of benzene rings is 1. The molecule has 0 amide bonds. The van der Waals surface area contributed by atoms with Crippen LogP contribution in [0, 0.1) is 5.92 Å². The van der Waals surface area contributed by atoms with Crippen molar-refractivity contribution in [3.63, 3.8) is 0 Å². The molecule has 0 radical (unpaired) electrons. The van der Waals surface area contributed by atoms with E-state index in [2.05, 4.69) is 4.74 Å². The molecule has 1 aromatic rings. The van der Waals surface area contributed by atoms with Crippen LogP contribution in [-0.4, -0.2) is 24.1 Å². The van der Waals surface area contributed by atoms with E-state index in [1.165, 1.54) is 12.2 Å². The molecule has 0 N–H and O–H groups in total. The van der Waals surface area contributed by atoms with E-state index < -0.39 is 23.5 Å². The summed E-state index contributed by atoms with van der Waals surface area (Å²) in [5, 5.41) is 0.543. The Kier molecular flexibility index (Phi) is 3.58. The van der Waals surface area contributed by atoms with Gasteiger partial charge in [0.05, 0.1) is 0 Å². The van der Waals surface area contributed by atoms with Crippen molar-refractivity contribution in [1.82, 2.24) is 0 Å². The monoisotopic (exact) mass is 264 g/mol. The SMILES string of the molecule is O=C(/C=C/c1cccc(Cl)c1)C1C(=O)COC1=O. The topological polar surface area (TPSA) is 60.4 Å². The molecule has 1 aliphatic rings. The van der Waals surface area contributed by atoms with E-state index in [1.807, 2.05) is 0 Å². The summed E-state index contributed by atoms with van der Waals surface area (Å²) in [6.45, 7) is -0.319. The Bertz CT molecular complexity index is 532. The van der Waals surface area contributed by atoms with Gasteiger partial charge in [0, 0.05) is 5.02 Å². The number of carbonyl (C=O) groups is 3. The van der Waals surface area contributed by atoms with Gasteiger partial charge >= 0.3 is 5.97 Å². The summed E-state index contributed by atoms with van der Waals surface area (Å²) in [4.78, 5) is 34.1. The van der Waals surface area contributed by atoms with Crippen LogP contribution in [0.4, 0.5) is 0 Å². The number of ether oxygens (including phenoxy) is 1. The molecule has 0 aliphatic carbocycles. The lowest BCUT2D eigenvalue weighted by Gasteiger charge is -1.98. The Morgan fingerprint density at radius 3 is 2.78 bits per heavy atom. The van der Waals surface area contributed by atoms with E-state index in [-0.39, 0.29) is 6.61 Å². The first kappa shape index (κ1) is 12.5. The number of esters is 1. The molecule has 0 bridgehead atoms. The number of hydrogen-bond acceptors (Lipinski definition) is 4. The zero-order chi connectivity index (χ0) is 13.1. The maximum Gasteiger partial charge on any atom is 0.325 e. The summed E-state index contributed by atoms with van der Waals surface area (Å²) in [5.41, 5.74) is 0.717. The van der Waals surface area contributed by atoms with Gasteiger partial charge in [0.25, 0.3) is 0 Å². The van der Waals surface area contributed by atoms with Crippen molar-refractivity contribution >= 4 is 35.2 Å². The Balaban J connectivity index is 2.12. The number of ketones is 2. The summed E-state index contributed by atoms with van der Waals surface area (Å²) in [7, 11) is 0. The van der Waals surface area contributed by atoms with Crippen LogP contribution in [-0.2, 0) is 19.1 Å². The number of hydrogen-bond donors (Lipinski definition) is 0. The van der Waals surface area contributed by atoms with E-state index in [0.29, 0.717) is 5.02 Å². The van der Waals surface area contributed by atoms with Crippen molar-refractivity contribution in [2.45, 2.75) is 0 Å². The molecule has 1 unspecified atom stereocenters. The fourth-order valence-corrected chi connectivity index (χ4v) is 1.80. The molecule has 2 rings (SSSR count). The molecule has 1 saturated heterocycles. The Hall–Kier alpha value is -1.94. The second-order valence-electron chi connectivity index (χ2n) is 3.80. The van der Waals surface area contributed by atoms with Crippen molar-refractivity contribution in [1.29, 1.82) is 0 Å². The van der Waals surface area contributed by atoms with Crippen LogP contribution in [0.15, 0.2) is 30.3 Å². The van der Waals surface area contributed by atoms with Crippen LogP contribution in [0.2, 0.25) is 5.02 Å². The van der Waals surface area contributed by atoms with Gasteiger partial charge in [-0.25, -0.2) is 0 Å². The number of carbonyl (C=O) groups excluding carboxylic acids is 3.